The number of ether oxygens (including phenoxy) is 1. The highest BCUT2D eigenvalue weighted by molar-refractivity contribution is 5.68. The van der Waals surface area contributed by atoms with Gasteiger partial charge in [0.2, 0.25) is 0 Å². The summed E-state index contributed by atoms with van der Waals surface area (Å²) in [6.45, 7) is 10.8. The fraction of sp³-hybridized carbons (Fsp3) is 0.611. The van der Waals surface area contributed by atoms with Gasteiger partial charge in [-0.15, -0.1) is 0 Å². The SMILES string of the molecule is Cc1cccc(CN2CCC(NC(=O)OC(C)(C)C)CC2)c1. The van der Waals surface area contributed by atoms with E-state index in [1.54, 1.807) is 0 Å². The highest BCUT2D eigenvalue weighted by atomic mass is 16.6. The number of rotatable bonds is 3. The number of hydrogen-bond donors (Lipinski definition) is 1. The molecule has 0 bridgehead atoms. The second-order valence-corrected chi connectivity index (χ2v) is 7.19. The van der Waals surface area contributed by atoms with Crippen LogP contribution in [0.4, 0.5) is 4.79 Å². The zero-order valence-corrected chi connectivity index (χ0v) is 14.2. The zero-order valence-electron chi connectivity index (χ0n) is 14.2. The molecule has 0 aromatic heterocycles. The number of aryl methyl sites for hydroxylation is 1. The molecule has 0 atom stereocenters. The van der Waals surface area contributed by atoms with Gasteiger partial charge in [0.25, 0.3) is 0 Å². The van der Waals surface area contributed by atoms with Crippen LogP contribution in [0.5, 0.6) is 0 Å². The topological polar surface area (TPSA) is 41.6 Å². The third kappa shape index (κ3) is 5.68. The summed E-state index contributed by atoms with van der Waals surface area (Å²) in [5, 5.41) is 2.98. The van der Waals surface area contributed by atoms with Crippen LogP contribution in [0.25, 0.3) is 0 Å². The highest BCUT2D eigenvalue weighted by Crippen LogP contribution is 2.15. The number of amides is 1. The van der Waals surface area contributed by atoms with E-state index in [2.05, 4.69) is 41.4 Å². The van der Waals surface area contributed by atoms with Crippen molar-refractivity contribution in [3.8, 4) is 0 Å². The summed E-state index contributed by atoms with van der Waals surface area (Å²) in [6.07, 6.45) is 1.65. The predicted octanol–water partition coefficient (Wildman–Crippen LogP) is 3.48. The number of alkyl carbamates (subject to hydrolysis) is 1. The summed E-state index contributed by atoms with van der Waals surface area (Å²) in [5.41, 5.74) is 2.23. The maximum Gasteiger partial charge on any atom is 0.407 e. The molecule has 0 aliphatic carbocycles. The van der Waals surface area contributed by atoms with E-state index in [-0.39, 0.29) is 12.1 Å². The van der Waals surface area contributed by atoms with E-state index in [9.17, 15) is 4.79 Å². The molecule has 1 fully saturated rings. The molecule has 0 unspecified atom stereocenters. The van der Waals surface area contributed by atoms with E-state index in [1.165, 1.54) is 11.1 Å². The number of likely N-dealkylation sites (tertiary alicyclic amines) is 1. The molecule has 1 saturated heterocycles. The Labute approximate surface area is 133 Å². The average Bonchev–Trinajstić information content (AvgIpc) is 2.39. The molecule has 2 rings (SSSR count). The number of piperidine rings is 1. The average molecular weight is 304 g/mol. The number of carbonyl (C=O) groups excluding carboxylic acids is 1. The van der Waals surface area contributed by atoms with E-state index in [0.29, 0.717) is 0 Å². The second-order valence-electron chi connectivity index (χ2n) is 7.19. The molecule has 1 aliphatic rings. The van der Waals surface area contributed by atoms with Crippen molar-refractivity contribution in [3.05, 3.63) is 35.4 Å². The highest BCUT2D eigenvalue weighted by Gasteiger charge is 2.23. The van der Waals surface area contributed by atoms with Crippen LogP contribution in [0, 0.1) is 6.92 Å². The summed E-state index contributed by atoms with van der Waals surface area (Å²) < 4.78 is 5.31. The van der Waals surface area contributed by atoms with Gasteiger partial charge in [-0.2, -0.15) is 0 Å². The molecule has 1 N–H and O–H groups in total. The van der Waals surface area contributed by atoms with Gasteiger partial charge in [-0.05, 0) is 46.1 Å². The number of carbonyl (C=O) groups is 1. The van der Waals surface area contributed by atoms with Crippen LogP contribution in [0.15, 0.2) is 24.3 Å². The van der Waals surface area contributed by atoms with Crippen molar-refractivity contribution in [1.82, 2.24) is 10.2 Å². The van der Waals surface area contributed by atoms with Crippen molar-refractivity contribution in [2.45, 2.75) is 58.7 Å². The predicted molar refractivity (Wildman–Crippen MR) is 88.8 cm³/mol. The molecule has 0 radical (unpaired) electrons. The van der Waals surface area contributed by atoms with Crippen LogP contribution in [0.1, 0.15) is 44.7 Å². The summed E-state index contributed by atoms with van der Waals surface area (Å²) in [7, 11) is 0. The number of nitrogens with zero attached hydrogens (tertiary/aromatic N) is 1. The normalized spacial score (nSPS) is 17.3. The Kier molecular flexibility index (Phi) is 5.46. The van der Waals surface area contributed by atoms with Gasteiger partial charge >= 0.3 is 6.09 Å². The minimum Gasteiger partial charge on any atom is -0.444 e. The first-order valence-electron chi connectivity index (χ1n) is 8.09. The molecule has 1 aromatic rings. The lowest BCUT2D eigenvalue weighted by molar-refractivity contribution is 0.0477. The van der Waals surface area contributed by atoms with Crippen LogP contribution >= 0.6 is 0 Å². The summed E-state index contributed by atoms with van der Waals surface area (Å²) in [6, 6.07) is 8.88. The van der Waals surface area contributed by atoms with Crippen LogP contribution < -0.4 is 5.32 Å². The maximum atomic E-state index is 11.8. The third-order valence-corrected chi connectivity index (χ3v) is 3.80. The van der Waals surface area contributed by atoms with Gasteiger partial charge in [0.15, 0.2) is 0 Å². The van der Waals surface area contributed by atoms with Crippen molar-refractivity contribution in [3.63, 3.8) is 0 Å². The van der Waals surface area contributed by atoms with Crippen LogP contribution in [-0.4, -0.2) is 35.7 Å². The lowest BCUT2D eigenvalue weighted by Gasteiger charge is -2.32. The third-order valence-electron chi connectivity index (χ3n) is 3.80. The number of hydrogen-bond acceptors (Lipinski definition) is 3. The molecule has 1 amide bonds. The molecular formula is C18H28N2O2. The van der Waals surface area contributed by atoms with E-state index in [1.807, 2.05) is 20.8 Å². The molecule has 4 nitrogen and oxygen atoms in total. The van der Waals surface area contributed by atoms with Crippen molar-refractivity contribution < 1.29 is 9.53 Å². The fourth-order valence-electron chi connectivity index (χ4n) is 2.78. The quantitative estimate of drug-likeness (QED) is 0.929. The van der Waals surface area contributed by atoms with Gasteiger partial charge in [0, 0.05) is 25.7 Å². The Hall–Kier alpha value is -1.55. The minimum atomic E-state index is -0.435. The van der Waals surface area contributed by atoms with Gasteiger partial charge in [0.05, 0.1) is 0 Å². The summed E-state index contributed by atoms with van der Waals surface area (Å²) >= 11 is 0. The molecule has 0 saturated carbocycles. The Bertz CT molecular complexity index is 500. The summed E-state index contributed by atoms with van der Waals surface area (Å²) in [5.74, 6) is 0. The Morgan fingerprint density at radius 1 is 1.32 bits per heavy atom. The van der Waals surface area contributed by atoms with E-state index < -0.39 is 5.60 Å². The van der Waals surface area contributed by atoms with Crippen molar-refractivity contribution in [2.24, 2.45) is 0 Å². The Balaban J connectivity index is 1.75. The van der Waals surface area contributed by atoms with Gasteiger partial charge in [-0.25, -0.2) is 4.79 Å². The maximum absolute atomic E-state index is 11.8. The number of benzene rings is 1. The van der Waals surface area contributed by atoms with E-state index >= 15 is 0 Å². The second kappa shape index (κ2) is 7.14. The van der Waals surface area contributed by atoms with Crippen molar-refractivity contribution >= 4 is 6.09 Å². The Morgan fingerprint density at radius 2 is 2.00 bits per heavy atom. The van der Waals surface area contributed by atoms with E-state index in [0.717, 1.165) is 32.5 Å². The van der Waals surface area contributed by atoms with Gasteiger partial charge in [-0.3, -0.25) is 4.90 Å². The standard InChI is InChI=1S/C18H28N2O2/c1-14-6-5-7-15(12-14)13-20-10-8-16(9-11-20)19-17(21)22-18(2,3)4/h5-7,12,16H,8-11,13H2,1-4H3,(H,19,21). The largest absolute Gasteiger partial charge is 0.444 e. The monoisotopic (exact) mass is 304 g/mol. The first kappa shape index (κ1) is 16.8. The van der Waals surface area contributed by atoms with Crippen molar-refractivity contribution in [1.29, 1.82) is 0 Å². The first-order valence-corrected chi connectivity index (χ1v) is 8.09. The Morgan fingerprint density at radius 3 is 2.59 bits per heavy atom. The molecule has 0 spiro atoms. The van der Waals surface area contributed by atoms with Crippen LogP contribution in [-0.2, 0) is 11.3 Å². The molecule has 1 aromatic carbocycles. The zero-order chi connectivity index (χ0) is 16.2. The lowest BCUT2D eigenvalue weighted by atomic mass is 10.0. The van der Waals surface area contributed by atoms with Gasteiger partial charge in [-0.1, -0.05) is 29.8 Å². The fourth-order valence-corrected chi connectivity index (χ4v) is 2.78. The molecule has 4 heteroatoms. The summed E-state index contributed by atoms with van der Waals surface area (Å²) in [4.78, 5) is 14.2. The van der Waals surface area contributed by atoms with Crippen LogP contribution in [0.2, 0.25) is 0 Å². The van der Waals surface area contributed by atoms with Crippen molar-refractivity contribution in [2.75, 3.05) is 13.1 Å². The van der Waals surface area contributed by atoms with E-state index in [4.69, 9.17) is 4.74 Å². The first-order chi connectivity index (χ1) is 10.3. The molecule has 22 heavy (non-hydrogen) atoms. The molecular weight excluding hydrogens is 276 g/mol. The number of nitrogens with one attached hydrogen (secondary N) is 1. The lowest BCUT2D eigenvalue weighted by Crippen LogP contribution is -2.45. The minimum absolute atomic E-state index is 0.226. The smallest absolute Gasteiger partial charge is 0.407 e. The van der Waals surface area contributed by atoms with Crippen LogP contribution in [0.3, 0.4) is 0 Å². The van der Waals surface area contributed by atoms with Gasteiger partial charge < -0.3 is 10.1 Å². The van der Waals surface area contributed by atoms with Gasteiger partial charge in [0.1, 0.15) is 5.60 Å². The molecule has 1 aliphatic heterocycles. The molecule has 122 valence electrons. The molecule has 1 heterocycles.